The van der Waals surface area contributed by atoms with E-state index >= 15 is 4.11 Å². The fourth-order valence-electron chi connectivity index (χ4n) is 6.12. The number of aliphatic hydroxyl groups excluding tert-OH is 1. The molecule has 1 saturated heterocycles. The predicted molar refractivity (Wildman–Crippen MR) is 140 cm³/mol. The van der Waals surface area contributed by atoms with Crippen molar-refractivity contribution < 1.29 is 23.5 Å². The first-order chi connectivity index (χ1) is 17.7. The van der Waals surface area contributed by atoms with E-state index in [0.29, 0.717) is 36.4 Å². The highest BCUT2D eigenvalue weighted by molar-refractivity contribution is 6.72. The molecule has 8 nitrogen and oxygen atoms in total. The molecule has 0 unspecified atom stereocenters. The Kier molecular flexibility index (Phi) is 6.67. The molecule has 2 aliphatic heterocycles. The van der Waals surface area contributed by atoms with Crippen LogP contribution in [0.15, 0.2) is 54.7 Å². The second-order valence-electron chi connectivity index (χ2n) is 10.4. The number of carbonyl (C=O) groups excluding carboxylic acids is 1. The van der Waals surface area contributed by atoms with E-state index in [1.807, 2.05) is 55.5 Å². The Morgan fingerprint density at radius 3 is 2.65 bits per heavy atom. The van der Waals surface area contributed by atoms with Gasteiger partial charge in [0.2, 0.25) is 8.41 Å². The number of fused-ring (bicyclic) bond motifs is 2. The molecule has 2 aliphatic rings. The quantitative estimate of drug-likeness (QED) is 0.348. The van der Waals surface area contributed by atoms with Crippen LogP contribution in [0, 0.1) is 5.92 Å². The van der Waals surface area contributed by atoms with Gasteiger partial charge in [0.15, 0.2) is 5.60 Å². The van der Waals surface area contributed by atoms with Crippen molar-refractivity contribution in [2.75, 3.05) is 18.6 Å². The summed E-state index contributed by atoms with van der Waals surface area (Å²) in [7, 11) is -1.68. The fraction of sp³-hybridized carbons (Fsp3) is 0.444. The second kappa shape index (κ2) is 9.66. The molecule has 0 saturated carbocycles. The highest BCUT2D eigenvalue weighted by Gasteiger charge is 2.67. The Labute approximate surface area is 217 Å². The van der Waals surface area contributed by atoms with E-state index in [1.54, 1.807) is 36.0 Å². The van der Waals surface area contributed by atoms with Crippen molar-refractivity contribution in [3.63, 3.8) is 0 Å². The highest BCUT2D eigenvalue weighted by Crippen LogP contribution is 2.61. The molecule has 0 aliphatic carbocycles. The number of aryl methyl sites for hydroxylation is 1. The van der Waals surface area contributed by atoms with Gasteiger partial charge in [-0.05, 0) is 49.8 Å². The summed E-state index contributed by atoms with van der Waals surface area (Å²) in [5.41, 5.74) is 1.14. The van der Waals surface area contributed by atoms with Crippen LogP contribution in [0.3, 0.4) is 0 Å². The van der Waals surface area contributed by atoms with Crippen LogP contribution in [0.1, 0.15) is 24.6 Å². The summed E-state index contributed by atoms with van der Waals surface area (Å²) in [6.45, 7) is 5.80. The van der Waals surface area contributed by atoms with Gasteiger partial charge in [0.05, 0.1) is 24.6 Å². The Balaban J connectivity index is 1.55. The molecular formula is C27H33FN4O4Si. The number of aromatic nitrogens is 3. The lowest BCUT2D eigenvalue weighted by atomic mass is 9.82. The van der Waals surface area contributed by atoms with Gasteiger partial charge < -0.3 is 18.7 Å². The van der Waals surface area contributed by atoms with Gasteiger partial charge in [-0.2, -0.15) is 0 Å². The lowest BCUT2D eigenvalue weighted by Crippen LogP contribution is -2.44. The van der Waals surface area contributed by atoms with Crippen molar-refractivity contribution in [2.45, 2.75) is 56.7 Å². The van der Waals surface area contributed by atoms with E-state index in [4.69, 9.17) is 14.6 Å². The van der Waals surface area contributed by atoms with Crippen molar-refractivity contribution in [1.82, 2.24) is 15.0 Å². The van der Waals surface area contributed by atoms with Gasteiger partial charge in [0, 0.05) is 48.5 Å². The number of rotatable bonds is 8. The van der Waals surface area contributed by atoms with E-state index < -0.39 is 31.6 Å². The third-order valence-electron chi connectivity index (χ3n) is 7.69. The number of hydrogen-bond acceptors (Lipinski definition) is 6. The third kappa shape index (κ3) is 4.26. The number of nitrogens with zero attached hydrogens (tertiary/aromatic N) is 4. The van der Waals surface area contributed by atoms with Crippen LogP contribution in [0.25, 0.3) is 0 Å². The molecule has 10 heteroatoms. The Bertz CT molecular complexity index is 1280. The Morgan fingerprint density at radius 2 is 1.97 bits per heavy atom. The maximum Gasteiger partial charge on any atom is 0.268 e. The molecule has 37 heavy (non-hydrogen) atoms. The third-order valence-corrected chi connectivity index (χ3v) is 10.1. The van der Waals surface area contributed by atoms with Crippen molar-refractivity contribution in [3.8, 4) is 5.75 Å². The number of hydrogen-bond donors (Lipinski definition) is 1. The molecule has 2 aromatic carbocycles. The molecule has 5 rings (SSSR count). The van der Waals surface area contributed by atoms with Crippen LogP contribution in [0.5, 0.6) is 5.75 Å². The topological polar surface area (TPSA) is 89.7 Å². The van der Waals surface area contributed by atoms with Crippen molar-refractivity contribution in [1.29, 1.82) is 0 Å². The monoisotopic (exact) mass is 524 g/mol. The van der Waals surface area contributed by atoms with Crippen LogP contribution < -0.4 is 9.64 Å². The molecule has 0 bridgehead atoms. The number of aliphatic hydroxyl groups is 1. The summed E-state index contributed by atoms with van der Waals surface area (Å²) >= 11 is 0. The fourth-order valence-corrected chi connectivity index (χ4v) is 8.66. The largest absolute Gasteiger partial charge is 0.497 e. The molecule has 4 atom stereocenters. The van der Waals surface area contributed by atoms with E-state index in [0.717, 1.165) is 11.4 Å². The number of anilines is 2. The first-order valence-electron chi connectivity index (χ1n) is 12.7. The molecule has 3 heterocycles. The van der Waals surface area contributed by atoms with Gasteiger partial charge >= 0.3 is 0 Å². The van der Waals surface area contributed by atoms with Gasteiger partial charge in [0.25, 0.3) is 5.91 Å². The van der Waals surface area contributed by atoms with Crippen molar-refractivity contribution >= 4 is 25.7 Å². The zero-order valence-corrected chi connectivity index (χ0v) is 22.6. The van der Waals surface area contributed by atoms with Gasteiger partial charge in [-0.1, -0.05) is 30.3 Å². The minimum atomic E-state index is -3.27. The average molecular weight is 525 g/mol. The molecular weight excluding hydrogens is 491 g/mol. The van der Waals surface area contributed by atoms with E-state index in [1.165, 1.54) is 0 Å². The number of methoxy groups -OCH3 is 1. The summed E-state index contributed by atoms with van der Waals surface area (Å²) in [4.78, 5) is 16.1. The van der Waals surface area contributed by atoms with Gasteiger partial charge in [-0.15, -0.1) is 5.10 Å². The molecule has 3 aromatic rings. The molecule has 1 amide bonds. The van der Waals surface area contributed by atoms with Crippen LogP contribution in [-0.4, -0.2) is 54.2 Å². The van der Waals surface area contributed by atoms with Crippen LogP contribution in [-0.2, 0) is 28.1 Å². The molecule has 1 fully saturated rings. The zero-order chi connectivity index (χ0) is 26.4. The number of halogens is 1. The maximum atomic E-state index is 16.0. The van der Waals surface area contributed by atoms with E-state index in [-0.39, 0.29) is 12.5 Å². The summed E-state index contributed by atoms with van der Waals surface area (Å²) in [6, 6.07) is 15.0. The molecule has 1 aromatic heterocycles. The number of ether oxygens (including phenoxy) is 2. The summed E-state index contributed by atoms with van der Waals surface area (Å²) in [6.07, 6.45) is 2.22. The minimum Gasteiger partial charge on any atom is -0.497 e. The number of para-hydroxylation sites is 1. The van der Waals surface area contributed by atoms with E-state index in [2.05, 4.69) is 10.3 Å². The van der Waals surface area contributed by atoms with Gasteiger partial charge in [-0.3, -0.25) is 14.4 Å². The lowest BCUT2D eigenvalue weighted by Gasteiger charge is -2.31. The molecule has 1 N–H and O–H groups in total. The summed E-state index contributed by atoms with van der Waals surface area (Å²) in [5.74, 6) is 0.0236. The number of carbonyl (C=O) groups is 1. The first-order valence-corrected chi connectivity index (χ1v) is 15.6. The molecule has 0 radical (unpaired) electrons. The average Bonchev–Trinajstić information content (AvgIpc) is 3.52. The Hall–Kier alpha value is -3.08. The van der Waals surface area contributed by atoms with Crippen molar-refractivity contribution in [2.24, 2.45) is 5.92 Å². The second-order valence-corrected chi connectivity index (χ2v) is 14.2. The number of benzene rings is 2. The number of amides is 1. The summed E-state index contributed by atoms with van der Waals surface area (Å²) in [5, 5.41) is 17.4. The van der Waals surface area contributed by atoms with Gasteiger partial charge in [0.1, 0.15) is 5.75 Å². The van der Waals surface area contributed by atoms with Gasteiger partial charge in [-0.25, -0.2) is 0 Å². The minimum absolute atomic E-state index is 0.00290. The SMILES string of the molecule is COc1ccc2c(c1)[C@@]1(O[C@H](CCn3cc(CCO)nn3)[C@@H]([Si](C)(C)F)[C@@H]1C)C(=O)N2c1ccccc1. The van der Waals surface area contributed by atoms with E-state index in [9.17, 15) is 4.79 Å². The Morgan fingerprint density at radius 1 is 1.22 bits per heavy atom. The standard InChI is InChI=1S/C27H33FN4O4Si/c1-18-25(37(3,4)28)24(12-14-31-17-19(13-15-33)29-30-31)36-27(18)22-16-21(35-2)10-11-23(22)32(26(27)34)20-8-6-5-7-9-20/h5-11,16-18,24-25,33H,12-15H2,1-4H3/t18-,24+,25-,27+/m0/s1. The molecule has 196 valence electrons. The lowest BCUT2D eigenvalue weighted by molar-refractivity contribution is -0.145. The maximum absolute atomic E-state index is 16.0. The zero-order valence-electron chi connectivity index (χ0n) is 21.6. The first kappa shape index (κ1) is 25.6. The van der Waals surface area contributed by atoms with Crippen LogP contribution >= 0.6 is 0 Å². The summed E-state index contributed by atoms with van der Waals surface area (Å²) < 4.78 is 30.0. The molecule has 1 spiro atoms. The van der Waals surface area contributed by atoms with Crippen LogP contribution in [0.2, 0.25) is 18.6 Å². The predicted octanol–water partition coefficient (Wildman–Crippen LogP) is 4.37. The highest BCUT2D eigenvalue weighted by atomic mass is 28.4. The smallest absolute Gasteiger partial charge is 0.268 e. The normalized spacial score (nSPS) is 25.2. The van der Waals surface area contributed by atoms with Crippen molar-refractivity contribution in [3.05, 3.63) is 66.0 Å². The van der Waals surface area contributed by atoms with Crippen LogP contribution in [0.4, 0.5) is 15.5 Å².